The van der Waals surface area contributed by atoms with Crippen molar-refractivity contribution < 1.29 is 18.3 Å². The van der Waals surface area contributed by atoms with Crippen LogP contribution in [0.2, 0.25) is 0 Å². The second-order valence-electron chi connectivity index (χ2n) is 4.09. The van der Waals surface area contributed by atoms with Crippen molar-refractivity contribution in [3.63, 3.8) is 0 Å². The summed E-state index contributed by atoms with van der Waals surface area (Å²) in [4.78, 5) is 10.5. The van der Waals surface area contributed by atoms with Crippen LogP contribution in [-0.2, 0) is 14.8 Å². The third kappa shape index (κ3) is 6.79. The lowest BCUT2D eigenvalue weighted by molar-refractivity contribution is -0.141. The van der Waals surface area contributed by atoms with Crippen LogP contribution in [-0.4, -0.2) is 31.3 Å². The molecule has 0 bridgehead atoms. The van der Waals surface area contributed by atoms with Gasteiger partial charge in [-0.1, -0.05) is 13.3 Å². The van der Waals surface area contributed by atoms with Crippen molar-refractivity contribution in [1.29, 1.82) is 0 Å². The predicted octanol–water partition coefficient (Wildman–Crippen LogP) is 1.21. The standard InChI is InChI=1S/C10H21NO4S/c1-4-16(14,15)11-9(3)7-5-6-8(2)10(12)13/h8-9,11H,4-7H2,1-3H3,(H,12,13). The number of carbonyl (C=O) groups is 1. The average molecular weight is 251 g/mol. The molecule has 0 saturated heterocycles. The SMILES string of the molecule is CCS(=O)(=O)NC(C)CCCC(C)C(=O)O. The van der Waals surface area contributed by atoms with Crippen LogP contribution in [0.25, 0.3) is 0 Å². The molecule has 0 spiro atoms. The Labute approximate surface area is 97.3 Å². The van der Waals surface area contributed by atoms with Crippen molar-refractivity contribution in [2.24, 2.45) is 5.92 Å². The van der Waals surface area contributed by atoms with Crippen molar-refractivity contribution >= 4 is 16.0 Å². The van der Waals surface area contributed by atoms with Gasteiger partial charge in [0.25, 0.3) is 0 Å². The Morgan fingerprint density at radius 2 is 1.88 bits per heavy atom. The zero-order chi connectivity index (χ0) is 12.8. The lowest BCUT2D eigenvalue weighted by Gasteiger charge is -2.13. The van der Waals surface area contributed by atoms with E-state index in [0.29, 0.717) is 19.3 Å². The Morgan fingerprint density at radius 1 is 1.31 bits per heavy atom. The molecule has 0 fully saturated rings. The summed E-state index contributed by atoms with van der Waals surface area (Å²) in [5, 5.41) is 8.66. The highest BCUT2D eigenvalue weighted by Crippen LogP contribution is 2.10. The van der Waals surface area contributed by atoms with E-state index < -0.39 is 16.0 Å². The van der Waals surface area contributed by atoms with Gasteiger partial charge < -0.3 is 5.11 Å². The summed E-state index contributed by atoms with van der Waals surface area (Å²) in [5.74, 6) is -1.10. The van der Waals surface area contributed by atoms with Gasteiger partial charge in [-0.25, -0.2) is 13.1 Å². The quantitative estimate of drug-likeness (QED) is 0.679. The van der Waals surface area contributed by atoms with Crippen molar-refractivity contribution in [2.45, 2.75) is 46.1 Å². The number of carboxylic acid groups (broad SMARTS) is 1. The van der Waals surface area contributed by atoms with Gasteiger partial charge in [0.05, 0.1) is 11.7 Å². The fraction of sp³-hybridized carbons (Fsp3) is 0.900. The van der Waals surface area contributed by atoms with E-state index in [2.05, 4.69) is 4.72 Å². The van der Waals surface area contributed by atoms with Crippen LogP contribution in [0.5, 0.6) is 0 Å². The maximum atomic E-state index is 11.2. The first-order chi connectivity index (χ1) is 7.28. The smallest absolute Gasteiger partial charge is 0.306 e. The molecule has 6 heteroatoms. The van der Waals surface area contributed by atoms with E-state index in [1.807, 2.05) is 0 Å². The number of hydrogen-bond acceptors (Lipinski definition) is 3. The molecule has 2 N–H and O–H groups in total. The molecular weight excluding hydrogens is 230 g/mol. The Kier molecular flexibility index (Phi) is 6.59. The first kappa shape index (κ1) is 15.4. The van der Waals surface area contributed by atoms with E-state index >= 15 is 0 Å². The average Bonchev–Trinajstić information content (AvgIpc) is 2.16. The highest BCUT2D eigenvalue weighted by Gasteiger charge is 2.14. The van der Waals surface area contributed by atoms with E-state index in [0.717, 1.165) is 0 Å². The number of sulfonamides is 1. The monoisotopic (exact) mass is 251 g/mol. The highest BCUT2D eigenvalue weighted by molar-refractivity contribution is 7.89. The summed E-state index contributed by atoms with van der Waals surface area (Å²) >= 11 is 0. The van der Waals surface area contributed by atoms with Crippen molar-refractivity contribution in [2.75, 3.05) is 5.75 Å². The third-order valence-corrected chi connectivity index (χ3v) is 3.98. The summed E-state index contributed by atoms with van der Waals surface area (Å²) < 4.78 is 25.0. The summed E-state index contributed by atoms with van der Waals surface area (Å²) in [5.41, 5.74) is 0. The zero-order valence-corrected chi connectivity index (χ0v) is 10.9. The van der Waals surface area contributed by atoms with E-state index in [1.54, 1.807) is 20.8 Å². The molecule has 0 aromatic rings. The van der Waals surface area contributed by atoms with Crippen LogP contribution in [0.4, 0.5) is 0 Å². The van der Waals surface area contributed by atoms with Gasteiger partial charge in [-0.05, 0) is 26.7 Å². The molecule has 0 amide bonds. The fourth-order valence-corrected chi connectivity index (χ4v) is 2.20. The summed E-state index contributed by atoms with van der Waals surface area (Å²) in [7, 11) is -3.15. The van der Waals surface area contributed by atoms with E-state index in [9.17, 15) is 13.2 Å². The molecule has 2 unspecified atom stereocenters. The highest BCUT2D eigenvalue weighted by atomic mass is 32.2. The molecule has 0 heterocycles. The fourth-order valence-electron chi connectivity index (χ4n) is 1.30. The van der Waals surface area contributed by atoms with Crippen LogP contribution in [0.15, 0.2) is 0 Å². The van der Waals surface area contributed by atoms with Gasteiger partial charge in [-0.2, -0.15) is 0 Å². The first-order valence-electron chi connectivity index (χ1n) is 5.51. The predicted molar refractivity (Wildman–Crippen MR) is 62.7 cm³/mol. The molecule has 96 valence electrons. The molecule has 0 aliphatic heterocycles. The maximum absolute atomic E-state index is 11.2. The molecule has 0 saturated carbocycles. The second-order valence-corrected chi connectivity index (χ2v) is 6.14. The molecule has 5 nitrogen and oxygen atoms in total. The normalized spacial score (nSPS) is 15.7. The minimum absolute atomic E-state index is 0.0723. The van der Waals surface area contributed by atoms with Crippen LogP contribution in [0.1, 0.15) is 40.0 Å². The Balaban J connectivity index is 3.83. The number of hydrogen-bond donors (Lipinski definition) is 2. The molecule has 0 radical (unpaired) electrons. The van der Waals surface area contributed by atoms with Gasteiger partial charge in [-0.3, -0.25) is 4.79 Å². The van der Waals surface area contributed by atoms with Gasteiger partial charge >= 0.3 is 5.97 Å². The molecule has 0 aromatic carbocycles. The Bertz CT molecular complexity index is 313. The van der Waals surface area contributed by atoms with Gasteiger partial charge in [-0.15, -0.1) is 0 Å². The lowest BCUT2D eigenvalue weighted by Crippen LogP contribution is -2.33. The third-order valence-electron chi connectivity index (χ3n) is 2.46. The minimum Gasteiger partial charge on any atom is -0.481 e. The molecule has 0 aromatic heterocycles. The molecular formula is C10H21NO4S. The molecule has 0 aliphatic carbocycles. The lowest BCUT2D eigenvalue weighted by atomic mass is 10.0. The van der Waals surface area contributed by atoms with Gasteiger partial charge in [0.1, 0.15) is 0 Å². The minimum atomic E-state index is -3.15. The topological polar surface area (TPSA) is 83.5 Å². The maximum Gasteiger partial charge on any atom is 0.306 e. The van der Waals surface area contributed by atoms with E-state index in [-0.39, 0.29) is 17.7 Å². The first-order valence-corrected chi connectivity index (χ1v) is 7.16. The van der Waals surface area contributed by atoms with Crippen molar-refractivity contribution in [3.05, 3.63) is 0 Å². The zero-order valence-electron chi connectivity index (χ0n) is 10.1. The molecule has 0 aliphatic rings. The van der Waals surface area contributed by atoms with E-state index in [1.165, 1.54) is 0 Å². The number of nitrogens with one attached hydrogen (secondary N) is 1. The van der Waals surface area contributed by atoms with Crippen LogP contribution in [0.3, 0.4) is 0 Å². The second kappa shape index (κ2) is 6.85. The Morgan fingerprint density at radius 3 is 2.31 bits per heavy atom. The number of rotatable bonds is 8. The largest absolute Gasteiger partial charge is 0.481 e. The molecule has 2 atom stereocenters. The van der Waals surface area contributed by atoms with Crippen LogP contribution >= 0.6 is 0 Å². The van der Waals surface area contributed by atoms with Crippen molar-refractivity contribution in [3.8, 4) is 0 Å². The van der Waals surface area contributed by atoms with Gasteiger partial charge in [0.15, 0.2) is 0 Å². The van der Waals surface area contributed by atoms with Gasteiger partial charge in [0, 0.05) is 6.04 Å². The van der Waals surface area contributed by atoms with Crippen molar-refractivity contribution in [1.82, 2.24) is 4.72 Å². The number of aliphatic carboxylic acids is 1. The van der Waals surface area contributed by atoms with Crippen LogP contribution < -0.4 is 4.72 Å². The number of carboxylic acids is 1. The summed E-state index contributed by atoms with van der Waals surface area (Å²) in [6, 6.07) is -0.133. The van der Waals surface area contributed by atoms with E-state index in [4.69, 9.17) is 5.11 Å². The summed E-state index contributed by atoms with van der Waals surface area (Å²) in [6.45, 7) is 5.03. The van der Waals surface area contributed by atoms with Gasteiger partial charge in [0.2, 0.25) is 10.0 Å². The van der Waals surface area contributed by atoms with Crippen LogP contribution in [0, 0.1) is 5.92 Å². The molecule has 0 rings (SSSR count). The molecule has 16 heavy (non-hydrogen) atoms. The Hall–Kier alpha value is -0.620. The summed E-state index contributed by atoms with van der Waals surface area (Å²) in [6.07, 6.45) is 1.95.